The van der Waals surface area contributed by atoms with Gasteiger partial charge in [0.15, 0.2) is 0 Å². The van der Waals surface area contributed by atoms with Crippen molar-refractivity contribution in [2.24, 2.45) is 11.3 Å². The molecule has 1 aliphatic carbocycles. The molecule has 2 atom stereocenters. The molecular formula is C16H23NO. The second-order valence-electron chi connectivity index (χ2n) is 6.20. The first-order chi connectivity index (χ1) is 8.80. The zero-order chi connectivity index (χ0) is 12.4. The summed E-state index contributed by atoms with van der Waals surface area (Å²) in [4.78, 5) is 2.63. The number of hydrogen-bond acceptors (Lipinski definition) is 2. The Morgan fingerprint density at radius 2 is 2.17 bits per heavy atom. The van der Waals surface area contributed by atoms with Crippen molar-refractivity contribution >= 4 is 0 Å². The second kappa shape index (κ2) is 5.02. The first-order valence-electron chi connectivity index (χ1n) is 7.05. The number of likely N-dealkylation sites (tertiary alicyclic amines) is 1. The van der Waals surface area contributed by atoms with Crippen LogP contribution in [0.3, 0.4) is 0 Å². The Hall–Kier alpha value is -0.860. The monoisotopic (exact) mass is 245 g/mol. The lowest BCUT2D eigenvalue weighted by atomic mass is 9.82. The molecular weight excluding hydrogens is 222 g/mol. The molecule has 0 radical (unpaired) electrons. The summed E-state index contributed by atoms with van der Waals surface area (Å²) in [6, 6.07) is 10.8. The lowest BCUT2D eigenvalue weighted by Gasteiger charge is -2.40. The van der Waals surface area contributed by atoms with Gasteiger partial charge in [0.1, 0.15) is 0 Å². The van der Waals surface area contributed by atoms with E-state index in [9.17, 15) is 0 Å². The van der Waals surface area contributed by atoms with E-state index in [2.05, 4.69) is 35.2 Å². The normalized spacial score (nSPS) is 31.7. The van der Waals surface area contributed by atoms with Gasteiger partial charge in [0.25, 0.3) is 0 Å². The summed E-state index contributed by atoms with van der Waals surface area (Å²) in [6.07, 6.45) is 4.14. The molecule has 1 aliphatic heterocycles. The maximum atomic E-state index is 5.47. The number of benzene rings is 1. The summed E-state index contributed by atoms with van der Waals surface area (Å²) in [6.45, 7) is 4.53. The van der Waals surface area contributed by atoms with E-state index >= 15 is 0 Å². The first kappa shape index (κ1) is 12.2. The Morgan fingerprint density at radius 3 is 2.94 bits per heavy atom. The van der Waals surface area contributed by atoms with E-state index in [4.69, 9.17) is 4.74 Å². The molecule has 0 amide bonds. The van der Waals surface area contributed by atoms with Gasteiger partial charge in [0.2, 0.25) is 0 Å². The number of nitrogens with zero attached hydrogens (tertiary/aromatic N) is 1. The van der Waals surface area contributed by atoms with Crippen LogP contribution < -0.4 is 0 Å². The molecule has 0 spiro atoms. The van der Waals surface area contributed by atoms with E-state index in [0.717, 1.165) is 19.1 Å². The standard InChI is InChI=1S/C16H23NO/c1-18-13-16-8-7-15(9-16)11-17(12-16)10-14-5-3-2-4-6-14/h2-6,15H,7-13H2,1H3. The zero-order valence-corrected chi connectivity index (χ0v) is 11.3. The third kappa shape index (κ3) is 2.45. The Labute approximate surface area is 110 Å². The smallest absolute Gasteiger partial charge is 0.0531 e. The predicted octanol–water partition coefficient (Wildman–Crippen LogP) is 2.94. The van der Waals surface area contributed by atoms with Crippen LogP contribution in [-0.4, -0.2) is 31.7 Å². The van der Waals surface area contributed by atoms with E-state index in [1.165, 1.54) is 37.9 Å². The van der Waals surface area contributed by atoms with Crippen LogP contribution in [0.4, 0.5) is 0 Å². The fraction of sp³-hybridized carbons (Fsp3) is 0.625. The van der Waals surface area contributed by atoms with Crippen molar-refractivity contribution in [1.82, 2.24) is 4.90 Å². The highest BCUT2D eigenvalue weighted by molar-refractivity contribution is 5.15. The summed E-state index contributed by atoms with van der Waals surface area (Å²) in [5, 5.41) is 0. The van der Waals surface area contributed by atoms with E-state index in [1.807, 2.05) is 7.11 Å². The molecule has 2 fully saturated rings. The molecule has 1 saturated carbocycles. The van der Waals surface area contributed by atoms with E-state index in [-0.39, 0.29) is 0 Å². The minimum Gasteiger partial charge on any atom is -0.384 e. The van der Waals surface area contributed by atoms with Gasteiger partial charge in [-0.15, -0.1) is 0 Å². The van der Waals surface area contributed by atoms with Crippen LogP contribution in [0.5, 0.6) is 0 Å². The van der Waals surface area contributed by atoms with Crippen molar-refractivity contribution in [3.63, 3.8) is 0 Å². The van der Waals surface area contributed by atoms with Crippen LogP contribution >= 0.6 is 0 Å². The van der Waals surface area contributed by atoms with Crippen molar-refractivity contribution in [1.29, 1.82) is 0 Å². The molecule has 0 N–H and O–H groups in total. The molecule has 2 aliphatic rings. The van der Waals surface area contributed by atoms with Crippen LogP contribution in [0.25, 0.3) is 0 Å². The first-order valence-corrected chi connectivity index (χ1v) is 7.05. The lowest BCUT2D eigenvalue weighted by Crippen LogP contribution is -2.44. The van der Waals surface area contributed by atoms with Crippen LogP contribution in [0.15, 0.2) is 30.3 Å². The van der Waals surface area contributed by atoms with E-state index < -0.39 is 0 Å². The Bertz CT molecular complexity index is 387. The van der Waals surface area contributed by atoms with Gasteiger partial charge in [-0.2, -0.15) is 0 Å². The third-order valence-corrected chi connectivity index (χ3v) is 4.58. The number of hydrogen-bond donors (Lipinski definition) is 0. The quantitative estimate of drug-likeness (QED) is 0.808. The second-order valence-corrected chi connectivity index (χ2v) is 6.20. The van der Waals surface area contributed by atoms with Gasteiger partial charge >= 0.3 is 0 Å². The average molecular weight is 245 g/mol. The van der Waals surface area contributed by atoms with Crippen LogP contribution in [0.2, 0.25) is 0 Å². The molecule has 1 saturated heterocycles. The summed E-state index contributed by atoms with van der Waals surface area (Å²) < 4.78 is 5.47. The summed E-state index contributed by atoms with van der Waals surface area (Å²) in [5.41, 5.74) is 1.89. The third-order valence-electron chi connectivity index (χ3n) is 4.58. The molecule has 1 aromatic rings. The van der Waals surface area contributed by atoms with Gasteiger partial charge in [-0.25, -0.2) is 0 Å². The summed E-state index contributed by atoms with van der Waals surface area (Å²) >= 11 is 0. The topological polar surface area (TPSA) is 12.5 Å². The van der Waals surface area contributed by atoms with Crippen molar-refractivity contribution in [2.45, 2.75) is 25.8 Å². The molecule has 1 heterocycles. The largest absolute Gasteiger partial charge is 0.384 e. The Balaban J connectivity index is 1.68. The van der Waals surface area contributed by atoms with Gasteiger partial charge in [-0.3, -0.25) is 4.90 Å². The number of piperidine rings is 1. The van der Waals surface area contributed by atoms with E-state index in [0.29, 0.717) is 5.41 Å². The SMILES string of the molecule is COCC12CCC(CN(Cc3ccccc3)C1)C2. The lowest BCUT2D eigenvalue weighted by molar-refractivity contribution is 0.0191. The molecule has 2 nitrogen and oxygen atoms in total. The highest BCUT2D eigenvalue weighted by atomic mass is 16.5. The Kier molecular flexibility index (Phi) is 3.40. The molecule has 2 heteroatoms. The zero-order valence-electron chi connectivity index (χ0n) is 11.3. The van der Waals surface area contributed by atoms with Crippen LogP contribution in [0, 0.1) is 11.3 Å². The molecule has 3 rings (SSSR count). The van der Waals surface area contributed by atoms with Gasteiger partial charge in [-0.05, 0) is 30.7 Å². The van der Waals surface area contributed by atoms with Gasteiger partial charge in [0, 0.05) is 32.2 Å². The molecule has 2 bridgehead atoms. The van der Waals surface area contributed by atoms with Gasteiger partial charge in [0.05, 0.1) is 6.61 Å². The number of ether oxygens (including phenoxy) is 1. The molecule has 0 aromatic heterocycles. The molecule has 1 aromatic carbocycles. The summed E-state index contributed by atoms with van der Waals surface area (Å²) in [5.74, 6) is 0.901. The average Bonchev–Trinajstić information content (AvgIpc) is 2.67. The van der Waals surface area contributed by atoms with E-state index in [1.54, 1.807) is 0 Å². The fourth-order valence-electron chi connectivity index (χ4n) is 3.98. The van der Waals surface area contributed by atoms with Crippen molar-refractivity contribution in [3.05, 3.63) is 35.9 Å². The predicted molar refractivity (Wildman–Crippen MR) is 73.4 cm³/mol. The number of rotatable bonds is 4. The number of methoxy groups -OCH3 is 1. The van der Waals surface area contributed by atoms with Crippen LogP contribution in [-0.2, 0) is 11.3 Å². The van der Waals surface area contributed by atoms with Gasteiger partial charge < -0.3 is 4.74 Å². The summed E-state index contributed by atoms with van der Waals surface area (Å²) in [7, 11) is 1.85. The molecule has 18 heavy (non-hydrogen) atoms. The molecule has 2 unspecified atom stereocenters. The maximum absolute atomic E-state index is 5.47. The maximum Gasteiger partial charge on any atom is 0.0531 e. The van der Waals surface area contributed by atoms with Gasteiger partial charge in [-0.1, -0.05) is 30.3 Å². The number of fused-ring (bicyclic) bond motifs is 2. The van der Waals surface area contributed by atoms with Crippen molar-refractivity contribution < 1.29 is 4.74 Å². The Morgan fingerprint density at radius 1 is 1.33 bits per heavy atom. The molecule has 98 valence electrons. The van der Waals surface area contributed by atoms with Crippen molar-refractivity contribution in [3.8, 4) is 0 Å². The van der Waals surface area contributed by atoms with Crippen molar-refractivity contribution in [2.75, 3.05) is 26.8 Å². The fourth-order valence-corrected chi connectivity index (χ4v) is 3.98. The minimum absolute atomic E-state index is 0.451. The van der Waals surface area contributed by atoms with Crippen LogP contribution in [0.1, 0.15) is 24.8 Å². The minimum atomic E-state index is 0.451. The highest BCUT2D eigenvalue weighted by Gasteiger charge is 2.44. The highest BCUT2D eigenvalue weighted by Crippen LogP contribution is 2.46.